The molecule has 1 aromatic rings. The Kier molecular flexibility index (Phi) is 9.43. The lowest BCUT2D eigenvalue weighted by atomic mass is 10.0. The molecule has 0 saturated heterocycles. The van der Waals surface area contributed by atoms with Crippen molar-refractivity contribution in [3.8, 4) is 0 Å². The van der Waals surface area contributed by atoms with E-state index in [0.717, 1.165) is 30.4 Å². The standard InChI is InChI=1S/C17H31N5O2S2.HI/c1-6-18-16(19-12-17(2,3)21-26(5,23)24)22(4)11-15-20-13-9-7-8-10-14(13)25-15;/h21H,6-12H2,1-5H3,(H,18,19);1H. The molecule has 0 atom stereocenters. The zero-order valence-corrected chi connectivity index (χ0v) is 20.8. The van der Waals surface area contributed by atoms with Gasteiger partial charge in [-0.1, -0.05) is 0 Å². The highest BCUT2D eigenvalue weighted by atomic mass is 127. The summed E-state index contributed by atoms with van der Waals surface area (Å²) >= 11 is 1.80. The van der Waals surface area contributed by atoms with Gasteiger partial charge >= 0.3 is 0 Å². The number of hydrogen-bond donors (Lipinski definition) is 2. The maximum Gasteiger partial charge on any atom is 0.209 e. The maximum absolute atomic E-state index is 11.5. The highest BCUT2D eigenvalue weighted by Crippen LogP contribution is 2.27. The molecule has 1 aromatic heterocycles. The smallest absolute Gasteiger partial charge is 0.209 e. The van der Waals surface area contributed by atoms with Crippen LogP contribution in [0.25, 0.3) is 0 Å². The van der Waals surface area contributed by atoms with Crippen LogP contribution in [0.2, 0.25) is 0 Å². The molecule has 1 aliphatic rings. The summed E-state index contributed by atoms with van der Waals surface area (Å²) in [5.74, 6) is 0.754. The molecule has 0 unspecified atom stereocenters. The Morgan fingerprint density at radius 2 is 2.00 bits per heavy atom. The van der Waals surface area contributed by atoms with Crippen LogP contribution < -0.4 is 10.0 Å². The van der Waals surface area contributed by atoms with Crippen molar-refractivity contribution in [3.63, 3.8) is 0 Å². The average molecular weight is 530 g/mol. The zero-order valence-electron chi connectivity index (χ0n) is 16.8. The molecule has 10 heteroatoms. The van der Waals surface area contributed by atoms with Crippen molar-refractivity contribution in [2.45, 2.75) is 58.5 Å². The van der Waals surface area contributed by atoms with E-state index in [1.54, 1.807) is 11.3 Å². The minimum atomic E-state index is -3.27. The number of nitrogens with zero attached hydrogens (tertiary/aromatic N) is 3. The van der Waals surface area contributed by atoms with E-state index in [-0.39, 0.29) is 24.0 Å². The number of nitrogens with one attached hydrogen (secondary N) is 2. The van der Waals surface area contributed by atoms with Crippen LogP contribution in [-0.2, 0) is 29.4 Å². The second-order valence-electron chi connectivity index (χ2n) is 7.47. The second-order valence-corrected chi connectivity index (χ2v) is 10.4. The van der Waals surface area contributed by atoms with Gasteiger partial charge in [-0.3, -0.25) is 4.99 Å². The van der Waals surface area contributed by atoms with E-state index < -0.39 is 15.6 Å². The Morgan fingerprint density at radius 3 is 2.59 bits per heavy atom. The van der Waals surface area contributed by atoms with E-state index in [9.17, 15) is 8.42 Å². The number of rotatable bonds is 7. The van der Waals surface area contributed by atoms with Crippen LogP contribution in [0.5, 0.6) is 0 Å². The van der Waals surface area contributed by atoms with E-state index in [0.29, 0.717) is 13.1 Å². The number of halogens is 1. The summed E-state index contributed by atoms with van der Waals surface area (Å²) in [6, 6.07) is 0. The van der Waals surface area contributed by atoms with Crippen LogP contribution in [0.3, 0.4) is 0 Å². The molecule has 0 aromatic carbocycles. The number of aliphatic imine (C=N–C) groups is 1. The lowest BCUT2D eigenvalue weighted by Crippen LogP contribution is -2.46. The highest BCUT2D eigenvalue weighted by Gasteiger charge is 2.23. The Bertz CT molecular complexity index is 723. The third-order valence-electron chi connectivity index (χ3n) is 4.04. The summed E-state index contributed by atoms with van der Waals surface area (Å²) in [5.41, 5.74) is 0.625. The molecule has 0 radical (unpaired) electrons. The Labute approximate surface area is 184 Å². The van der Waals surface area contributed by atoms with Crippen LogP contribution in [0.1, 0.15) is 49.2 Å². The molecule has 2 rings (SSSR count). The van der Waals surface area contributed by atoms with E-state index in [4.69, 9.17) is 4.98 Å². The minimum absolute atomic E-state index is 0. The van der Waals surface area contributed by atoms with Gasteiger partial charge in [-0.15, -0.1) is 35.3 Å². The first-order chi connectivity index (χ1) is 12.1. The van der Waals surface area contributed by atoms with Gasteiger partial charge in [0, 0.05) is 24.0 Å². The quantitative estimate of drug-likeness (QED) is 0.322. The van der Waals surface area contributed by atoms with Crippen molar-refractivity contribution in [3.05, 3.63) is 15.6 Å². The summed E-state index contributed by atoms with van der Waals surface area (Å²) in [4.78, 5) is 12.9. The Balaban J connectivity index is 0.00000364. The van der Waals surface area contributed by atoms with Crippen LogP contribution in [0.4, 0.5) is 0 Å². The molecule has 1 aliphatic carbocycles. The molecule has 7 nitrogen and oxygen atoms in total. The van der Waals surface area contributed by atoms with Gasteiger partial charge in [0.25, 0.3) is 0 Å². The topological polar surface area (TPSA) is 86.7 Å². The highest BCUT2D eigenvalue weighted by molar-refractivity contribution is 14.0. The Hall–Kier alpha value is -0.460. The molecule has 27 heavy (non-hydrogen) atoms. The molecule has 0 fully saturated rings. The van der Waals surface area contributed by atoms with Gasteiger partial charge in [-0.25, -0.2) is 18.1 Å². The first-order valence-corrected chi connectivity index (χ1v) is 11.8. The molecule has 0 aliphatic heterocycles. The maximum atomic E-state index is 11.5. The van der Waals surface area contributed by atoms with Gasteiger partial charge in [0.15, 0.2) is 5.96 Å². The lowest BCUT2D eigenvalue weighted by Gasteiger charge is -2.26. The number of aryl methyl sites for hydroxylation is 2. The van der Waals surface area contributed by atoms with E-state index in [1.807, 2.05) is 32.7 Å². The molecular weight excluding hydrogens is 497 g/mol. The van der Waals surface area contributed by atoms with Crippen molar-refractivity contribution in [2.24, 2.45) is 4.99 Å². The van der Waals surface area contributed by atoms with Crippen molar-refractivity contribution in [2.75, 3.05) is 26.4 Å². The molecule has 0 bridgehead atoms. The first kappa shape index (κ1) is 24.6. The molecular formula is C17H32IN5O2S2. The normalized spacial score (nSPS) is 15.1. The fraction of sp³-hybridized carbons (Fsp3) is 0.765. The SMILES string of the molecule is CCNC(=NCC(C)(C)NS(C)(=O)=O)N(C)Cc1nc2c(s1)CCCC2.I. The van der Waals surface area contributed by atoms with E-state index in [1.165, 1.54) is 29.7 Å². The molecule has 0 amide bonds. The van der Waals surface area contributed by atoms with Gasteiger partial charge in [-0.2, -0.15) is 0 Å². The van der Waals surface area contributed by atoms with Gasteiger partial charge in [-0.05, 0) is 46.5 Å². The lowest BCUT2D eigenvalue weighted by molar-refractivity contribution is 0.445. The third-order valence-corrected chi connectivity index (χ3v) is 6.11. The number of fused-ring (bicyclic) bond motifs is 1. The second kappa shape index (κ2) is 10.4. The predicted molar refractivity (Wildman–Crippen MR) is 124 cm³/mol. The molecule has 0 spiro atoms. The largest absolute Gasteiger partial charge is 0.357 e. The van der Waals surface area contributed by atoms with Crippen molar-refractivity contribution >= 4 is 51.3 Å². The summed E-state index contributed by atoms with van der Waals surface area (Å²) in [6.45, 7) is 7.47. The first-order valence-electron chi connectivity index (χ1n) is 9.05. The summed E-state index contributed by atoms with van der Waals surface area (Å²) in [7, 11) is -1.29. The summed E-state index contributed by atoms with van der Waals surface area (Å²) < 4.78 is 25.6. The van der Waals surface area contributed by atoms with E-state index in [2.05, 4.69) is 15.0 Å². The van der Waals surface area contributed by atoms with Crippen molar-refractivity contribution in [1.82, 2.24) is 19.9 Å². The third kappa shape index (κ3) is 8.20. The number of sulfonamides is 1. The Morgan fingerprint density at radius 1 is 1.33 bits per heavy atom. The monoisotopic (exact) mass is 529 g/mol. The zero-order chi connectivity index (χ0) is 19.4. The number of thiazole rings is 1. The van der Waals surface area contributed by atoms with Crippen LogP contribution in [0.15, 0.2) is 4.99 Å². The molecule has 0 saturated carbocycles. The number of aromatic nitrogens is 1. The van der Waals surface area contributed by atoms with Crippen LogP contribution in [-0.4, -0.2) is 56.2 Å². The van der Waals surface area contributed by atoms with E-state index >= 15 is 0 Å². The van der Waals surface area contributed by atoms with Gasteiger partial charge in [0.2, 0.25) is 10.0 Å². The van der Waals surface area contributed by atoms with Gasteiger partial charge < -0.3 is 10.2 Å². The molecule has 156 valence electrons. The predicted octanol–water partition coefficient (Wildman–Crippen LogP) is 2.37. The summed E-state index contributed by atoms with van der Waals surface area (Å²) in [5, 5.41) is 4.39. The molecule has 2 N–H and O–H groups in total. The minimum Gasteiger partial charge on any atom is -0.357 e. The fourth-order valence-corrected chi connectivity index (χ4v) is 5.31. The van der Waals surface area contributed by atoms with Crippen molar-refractivity contribution in [1.29, 1.82) is 0 Å². The van der Waals surface area contributed by atoms with Crippen LogP contribution in [0, 0.1) is 0 Å². The fourth-order valence-electron chi connectivity index (χ4n) is 3.03. The number of hydrogen-bond acceptors (Lipinski definition) is 5. The summed E-state index contributed by atoms with van der Waals surface area (Å²) in [6.07, 6.45) is 5.90. The number of guanidine groups is 1. The average Bonchev–Trinajstić information content (AvgIpc) is 2.91. The van der Waals surface area contributed by atoms with Gasteiger partial charge in [0.1, 0.15) is 5.01 Å². The molecule has 1 heterocycles. The van der Waals surface area contributed by atoms with Crippen LogP contribution >= 0.6 is 35.3 Å². The van der Waals surface area contributed by atoms with Gasteiger partial charge in [0.05, 0.1) is 25.0 Å². The van der Waals surface area contributed by atoms with Crippen molar-refractivity contribution < 1.29 is 8.42 Å².